The average Bonchev–Trinajstić information content (AvgIpc) is 3.09. The molecule has 0 radical (unpaired) electrons. The van der Waals surface area contributed by atoms with E-state index < -0.39 is 35.8 Å². The molecule has 0 fully saturated rings. The number of aliphatic hydroxyl groups is 1. The van der Waals surface area contributed by atoms with E-state index in [1.807, 2.05) is 44.2 Å². The number of alkyl halides is 3. The van der Waals surface area contributed by atoms with Crippen LogP contribution in [0.2, 0.25) is 0 Å². The largest absolute Gasteiger partial charge is 0.490 e. The Hall–Kier alpha value is -4.62. The van der Waals surface area contributed by atoms with Gasteiger partial charge in [0.25, 0.3) is 5.91 Å². The first-order valence-corrected chi connectivity index (χ1v) is 17.1. The van der Waals surface area contributed by atoms with Crippen LogP contribution in [0.5, 0.6) is 5.75 Å². The summed E-state index contributed by atoms with van der Waals surface area (Å²) in [6.45, 7) is 6.21. The molecule has 10 nitrogen and oxygen atoms in total. The third kappa shape index (κ3) is 11.4. The Bertz CT molecular complexity index is 1610. The lowest BCUT2D eigenvalue weighted by molar-refractivity contribution is -0.137. The lowest BCUT2D eigenvalue weighted by Gasteiger charge is -2.36. The third-order valence-electron chi connectivity index (χ3n) is 8.86. The molecule has 1 aliphatic rings. The highest BCUT2D eigenvalue weighted by atomic mass is 19.4. The SMILES string of the molecule is C[C@@H]1CN([C@@H](C)CO)C(=O)c2cc(NC(=O)Nc3ccc(C(F)(F)F)cc3)ccc2O[C@@H](C)CCCCO[C@H]1CN(C)C(=O)Cc1ccccc1. The van der Waals surface area contributed by atoms with Crippen LogP contribution in [0.4, 0.5) is 29.3 Å². The van der Waals surface area contributed by atoms with E-state index >= 15 is 0 Å². The highest BCUT2D eigenvalue weighted by Crippen LogP contribution is 2.31. The van der Waals surface area contributed by atoms with Crippen LogP contribution in [0, 0.1) is 5.92 Å². The smallest absolute Gasteiger partial charge is 0.416 e. The molecule has 3 N–H and O–H groups in total. The van der Waals surface area contributed by atoms with Crippen LogP contribution in [-0.2, 0) is 22.1 Å². The van der Waals surface area contributed by atoms with Crippen molar-refractivity contribution >= 4 is 29.2 Å². The van der Waals surface area contributed by atoms with Gasteiger partial charge in [0.05, 0.1) is 42.4 Å². The number of hydrogen-bond acceptors (Lipinski definition) is 6. The highest BCUT2D eigenvalue weighted by Gasteiger charge is 2.32. The van der Waals surface area contributed by atoms with Crippen molar-refractivity contribution in [3.63, 3.8) is 0 Å². The molecule has 0 spiro atoms. The number of nitrogens with zero attached hydrogens (tertiary/aromatic N) is 2. The van der Waals surface area contributed by atoms with Crippen LogP contribution in [0.25, 0.3) is 0 Å². The number of urea groups is 1. The number of amides is 4. The monoisotopic (exact) mass is 712 g/mol. The van der Waals surface area contributed by atoms with E-state index in [-0.39, 0.29) is 54.4 Å². The number of benzene rings is 3. The van der Waals surface area contributed by atoms with Crippen LogP contribution in [0.3, 0.4) is 0 Å². The molecule has 4 atom stereocenters. The number of aliphatic hydroxyl groups excluding tert-OH is 1. The summed E-state index contributed by atoms with van der Waals surface area (Å²) in [7, 11) is 1.74. The van der Waals surface area contributed by atoms with Gasteiger partial charge in [-0.05, 0) is 81.1 Å². The van der Waals surface area contributed by atoms with Crippen molar-refractivity contribution < 1.29 is 42.1 Å². The zero-order chi connectivity index (χ0) is 37.1. The van der Waals surface area contributed by atoms with Gasteiger partial charge < -0.3 is 35.0 Å². The van der Waals surface area contributed by atoms with Crippen LogP contribution in [-0.4, -0.2) is 84.4 Å². The molecule has 1 aliphatic heterocycles. The van der Waals surface area contributed by atoms with Crippen LogP contribution in [0.1, 0.15) is 61.5 Å². The van der Waals surface area contributed by atoms with E-state index in [1.165, 1.54) is 11.0 Å². The summed E-state index contributed by atoms with van der Waals surface area (Å²) in [5, 5.41) is 15.4. The van der Waals surface area contributed by atoms with Gasteiger partial charge >= 0.3 is 12.2 Å². The maximum absolute atomic E-state index is 14.4. The lowest BCUT2D eigenvalue weighted by atomic mass is 10.0. The number of rotatable bonds is 8. The second-order valence-corrected chi connectivity index (χ2v) is 13.1. The normalized spacial score (nSPS) is 19.6. The Morgan fingerprint density at radius 1 is 1.00 bits per heavy atom. The van der Waals surface area contributed by atoms with E-state index in [1.54, 1.807) is 31.0 Å². The Labute approximate surface area is 296 Å². The number of carbonyl (C=O) groups is 3. The summed E-state index contributed by atoms with van der Waals surface area (Å²) >= 11 is 0. The maximum Gasteiger partial charge on any atom is 0.416 e. The molecule has 0 saturated heterocycles. The molecule has 0 unspecified atom stereocenters. The van der Waals surface area contributed by atoms with Crippen LogP contribution >= 0.6 is 0 Å². The van der Waals surface area contributed by atoms with E-state index in [4.69, 9.17) is 9.47 Å². The number of hydrogen-bond donors (Lipinski definition) is 3. The number of fused-ring (bicyclic) bond motifs is 1. The molecule has 3 aromatic rings. The average molecular weight is 713 g/mol. The fourth-order valence-corrected chi connectivity index (χ4v) is 5.78. The Morgan fingerprint density at radius 2 is 1.67 bits per heavy atom. The summed E-state index contributed by atoms with van der Waals surface area (Å²) in [4.78, 5) is 43.5. The Balaban J connectivity index is 1.56. The van der Waals surface area contributed by atoms with E-state index in [0.717, 1.165) is 42.7 Å². The maximum atomic E-state index is 14.4. The van der Waals surface area contributed by atoms with Gasteiger partial charge in [-0.3, -0.25) is 9.59 Å². The summed E-state index contributed by atoms with van der Waals surface area (Å²) in [5.74, 6) is -0.450. The van der Waals surface area contributed by atoms with Gasteiger partial charge in [0.1, 0.15) is 5.75 Å². The highest BCUT2D eigenvalue weighted by molar-refractivity contribution is 6.02. The molecule has 4 amide bonds. The van der Waals surface area contributed by atoms with Crippen molar-refractivity contribution in [3.05, 3.63) is 89.5 Å². The fraction of sp³-hybridized carbons (Fsp3) is 0.447. The molecule has 3 aromatic carbocycles. The number of anilines is 2. The second-order valence-electron chi connectivity index (χ2n) is 13.1. The van der Waals surface area contributed by atoms with Gasteiger partial charge in [-0.25, -0.2) is 4.79 Å². The van der Waals surface area contributed by atoms with Crippen molar-refractivity contribution in [2.45, 2.75) is 70.9 Å². The first-order valence-electron chi connectivity index (χ1n) is 17.1. The minimum atomic E-state index is -4.51. The molecule has 276 valence electrons. The molecule has 0 aliphatic carbocycles. The van der Waals surface area contributed by atoms with Gasteiger partial charge in [-0.15, -0.1) is 0 Å². The van der Waals surface area contributed by atoms with Gasteiger partial charge in [0, 0.05) is 44.0 Å². The second kappa shape index (κ2) is 18.0. The number of ether oxygens (including phenoxy) is 2. The minimum Gasteiger partial charge on any atom is -0.490 e. The van der Waals surface area contributed by atoms with Crippen molar-refractivity contribution in [2.24, 2.45) is 5.92 Å². The van der Waals surface area contributed by atoms with E-state index in [9.17, 15) is 32.7 Å². The zero-order valence-corrected chi connectivity index (χ0v) is 29.4. The summed E-state index contributed by atoms with van der Waals surface area (Å²) in [6.07, 6.45) is -2.69. The quantitative estimate of drug-likeness (QED) is 0.235. The molecule has 0 aromatic heterocycles. The summed E-state index contributed by atoms with van der Waals surface area (Å²) in [5.41, 5.74) is 0.612. The van der Waals surface area contributed by atoms with E-state index in [0.29, 0.717) is 25.3 Å². The molecule has 13 heteroatoms. The first kappa shape index (κ1) is 39.2. The predicted molar refractivity (Wildman–Crippen MR) is 189 cm³/mol. The predicted octanol–water partition coefficient (Wildman–Crippen LogP) is 6.85. The molecule has 51 heavy (non-hydrogen) atoms. The van der Waals surface area contributed by atoms with Gasteiger partial charge in [-0.1, -0.05) is 37.3 Å². The van der Waals surface area contributed by atoms with Crippen LogP contribution in [0.15, 0.2) is 72.8 Å². The van der Waals surface area contributed by atoms with Gasteiger partial charge in [-0.2, -0.15) is 13.2 Å². The van der Waals surface area contributed by atoms with Crippen LogP contribution < -0.4 is 15.4 Å². The molecule has 4 rings (SSSR count). The topological polar surface area (TPSA) is 120 Å². The Kier molecular flexibility index (Phi) is 13.9. The first-order chi connectivity index (χ1) is 24.2. The van der Waals surface area contributed by atoms with Crippen molar-refractivity contribution in [3.8, 4) is 5.75 Å². The fourth-order valence-electron chi connectivity index (χ4n) is 5.78. The van der Waals surface area contributed by atoms with Gasteiger partial charge in [0.2, 0.25) is 5.91 Å². The summed E-state index contributed by atoms with van der Waals surface area (Å²) in [6, 6.07) is 16.8. The molecular weight excluding hydrogens is 665 g/mol. The van der Waals surface area contributed by atoms with Crippen molar-refractivity contribution in [1.29, 1.82) is 0 Å². The number of carbonyl (C=O) groups excluding carboxylic acids is 3. The molecule has 1 heterocycles. The van der Waals surface area contributed by atoms with Gasteiger partial charge in [0.15, 0.2) is 0 Å². The molecule has 0 bridgehead atoms. The van der Waals surface area contributed by atoms with Crippen molar-refractivity contribution in [2.75, 3.05) is 44.0 Å². The molecular formula is C38H47F3N4O6. The third-order valence-corrected chi connectivity index (χ3v) is 8.86. The summed E-state index contributed by atoms with van der Waals surface area (Å²) < 4.78 is 51.5. The number of likely N-dealkylation sites (N-methyl/N-ethyl adjacent to an activating group) is 1. The van der Waals surface area contributed by atoms with Crippen molar-refractivity contribution in [1.82, 2.24) is 9.80 Å². The minimum absolute atomic E-state index is 0.0599. The standard InChI is InChI=1S/C38H47F3N4O6/c1-25-22-45(26(2)24-46)36(48)32-21-31(43-37(49)42-30-15-13-29(14-16-30)38(39,40)41)17-18-33(32)51-27(3)10-8-9-19-50-34(25)23-44(4)35(47)20-28-11-6-5-7-12-28/h5-7,11-18,21,25-27,34,46H,8-10,19-20,22-24H2,1-4H3,(H2,42,43,49)/t25-,26+,27+,34+/m1/s1. The Morgan fingerprint density at radius 3 is 2.33 bits per heavy atom. The number of halogens is 3. The lowest BCUT2D eigenvalue weighted by Crippen LogP contribution is -2.48. The zero-order valence-electron chi connectivity index (χ0n) is 29.4. The number of nitrogens with one attached hydrogen (secondary N) is 2. The molecule has 0 saturated carbocycles. The van der Waals surface area contributed by atoms with E-state index in [2.05, 4.69) is 10.6 Å².